The van der Waals surface area contributed by atoms with Crippen LogP contribution in [0.15, 0.2) is 47.1 Å². The van der Waals surface area contributed by atoms with Crippen molar-refractivity contribution in [1.82, 2.24) is 4.98 Å². The Morgan fingerprint density at radius 1 is 1.10 bits per heavy atom. The van der Waals surface area contributed by atoms with E-state index < -0.39 is 17.6 Å². The largest absolute Gasteiger partial charge is 0.417 e. The van der Waals surface area contributed by atoms with Crippen molar-refractivity contribution >= 4 is 27.5 Å². The molecule has 0 bridgehead atoms. The first-order valence-corrected chi connectivity index (χ1v) is 6.26. The predicted molar refractivity (Wildman–Crippen MR) is 71.3 cm³/mol. The van der Waals surface area contributed by atoms with Gasteiger partial charge in [-0.05, 0) is 36.4 Å². The molecule has 0 aliphatic rings. The van der Waals surface area contributed by atoms with E-state index in [1.807, 2.05) is 0 Å². The third-order valence-corrected chi connectivity index (χ3v) is 2.95. The number of carbonyl (C=O) groups is 1. The lowest BCUT2D eigenvalue weighted by atomic mass is 10.2. The monoisotopic (exact) mass is 344 g/mol. The SMILES string of the molecule is O=C(Nc1ccc(Br)cc1)c1ccc(C(F)(F)F)cn1. The van der Waals surface area contributed by atoms with Gasteiger partial charge in [-0.3, -0.25) is 9.78 Å². The number of anilines is 1. The highest BCUT2D eigenvalue weighted by molar-refractivity contribution is 9.10. The van der Waals surface area contributed by atoms with Crippen molar-refractivity contribution in [2.24, 2.45) is 0 Å². The van der Waals surface area contributed by atoms with E-state index in [9.17, 15) is 18.0 Å². The highest BCUT2D eigenvalue weighted by atomic mass is 79.9. The number of nitrogens with zero attached hydrogens (tertiary/aromatic N) is 1. The van der Waals surface area contributed by atoms with E-state index in [0.717, 1.165) is 16.6 Å². The number of amides is 1. The lowest BCUT2D eigenvalue weighted by molar-refractivity contribution is -0.137. The molecule has 20 heavy (non-hydrogen) atoms. The predicted octanol–water partition coefficient (Wildman–Crippen LogP) is 4.12. The summed E-state index contributed by atoms with van der Waals surface area (Å²) >= 11 is 3.25. The standard InChI is InChI=1S/C13H8BrF3N2O/c14-9-2-4-10(5-3-9)19-12(20)11-6-1-8(7-18-11)13(15,16)17/h1-7H,(H,19,20). The normalized spacial score (nSPS) is 11.2. The van der Waals surface area contributed by atoms with Gasteiger partial charge in [0.05, 0.1) is 5.56 Å². The molecule has 1 N–H and O–H groups in total. The van der Waals surface area contributed by atoms with E-state index in [1.54, 1.807) is 24.3 Å². The van der Waals surface area contributed by atoms with Gasteiger partial charge in [-0.1, -0.05) is 15.9 Å². The molecule has 2 aromatic rings. The molecule has 3 nitrogen and oxygen atoms in total. The Bertz CT molecular complexity index is 609. The van der Waals surface area contributed by atoms with E-state index in [-0.39, 0.29) is 5.69 Å². The number of hydrogen-bond donors (Lipinski definition) is 1. The second-order valence-electron chi connectivity index (χ2n) is 3.89. The van der Waals surface area contributed by atoms with Gasteiger partial charge in [0.2, 0.25) is 0 Å². The lowest BCUT2D eigenvalue weighted by Gasteiger charge is -2.07. The van der Waals surface area contributed by atoms with Crippen LogP contribution in [-0.4, -0.2) is 10.9 Å². The van der Waals surface area contributed by atoms with Crippen molar-refractivity contribution in [1.29, 1.82) is 0 Å². The van der Waals surface area contributed by atoms with Gasteiger partial charge in [0.15, 0.2) is 0 Å². The van der Waals surface area contributed by atoms with E-state index >= 15 is 0 Å². The minimum atomic E-state index is -4.46. The fourth-order valence-electron chi connectivity index (χ4n) is 1.42. The molecule has 0 aliphatic carbocycles. The Morgan fingerprint density at radius 2 is 1.75 bits per heavy atom. The molecular formula is C13H8BrF3N2O. The third-order valence-electron chi connectivity index (χ3n) is 2.43. The Kier molecular flexibility index (Phi) is 4.08. The van der Waals surface area contributed by atoms with Crippen molar-refractivity contribution < 1.29 is 18.0 Å². The second kappa shape index (κ2) is 5.62. The van der Waals surface area contributed by atoms with Gasteiger partial charge in [-0.25, -0.2) is 0 Å². The highest BCUT2D eigenvalue weighted by Gasteiger charge is 2.30. The molecule has 0 unspecified atom stereocenters. The van der Waals surface area contributed by atoms with Crippen molar-refractivity contribution in [2.45, 2.75) is 6.18 Å². The molecule has 0 radical (unpaired) electrons. The maximum atomic E-state index is 12.4. The van der Waals surface area contributed by atoms with Crippen molar-refractivity contribution in [3.05, 3.63) is 58.3 Å². The quantitative estimate of drug-likeness (QED) is 0.890. The number of aromatic nitrogens is 1. The van der Waals surface area contributed by atoms with Gasteiger partial charge in [0.1, 0.15) is 5.69 Å². The molecule has 1 heterocycles. The molecule has 1 aromatic heterocycles. The van der Waals surface area contributed by atoms with Crippen molar-refractivity contribution in [2.75, 3.05) is 5.32 Å². The number of halogens is 4. The smallest absolute Gasteiger partial charge is 0.321 e. The van der Waals surface area contributed by atoms with Crippen LogP contribution in [0.4, 0.5) is 18.9 Å². The molecule has 7 heteroatoms. The van der Waals surface area contributed by atoms with Gasteiger partial charge in [0.25, 0.3) is 5.91 Å². The van der Waals surface area contributed by atoms with Crippen molar-refractivity contribution in [3.63, 3.8) is 0 Å². The maximum Gasteiger partial charge on any atom is 0.417 e. The summed E-state index contributed by atoms with van der Waals surface area (Å²) in [6, 6.07) is 8.64. The first-order chi connectivity index (χ1) is 9.36. The molecule has 0 saturated heterocycles. The van der Waals surface area contributed by atoms with Gasteiger partial charge >= 0.3 is 6.18 Å². The van der Waals surface area contributed by atoms with Crippen LogP contribution >= 0.6 is 15.9 Å². The number of hydrogen-bond acceptors (Lipinski definition) is 2. The molecule has 0 atom stereocenters. The topological polar surface area (TPSA) is 42.0 Å². The van der Waals surface area contributed by atoms with Crippen LogP contribution in [0.25, 0.3) is 0 Å². The zero-order valence-electron chi connectivity index (χ0n) is 9.91. The second-order valence-corrected chi connectivity index (χ2v) is 4.81. The molecular weight excluding hydrogens is 337 g/mol. The van der Waals surface area contributed by atoms with E-state index in [2.05, 4.69) is 26.2 Å². The van der Waals surface area contributed by atoms with E-state index in [4.69, 9.17) is 0 Å². The summed E-state index contributed by atoms with van der Waals surface area (Å²) in [6.45, 7) is 0. The van der Waals surface area contributed by atoms with Gasteiger partial charge in [-0.2, -0.15) is 13.2 Å². The number of pyridine rings is 1. The van der Waals surface area contributed by atoms with Gasteiger partial charge in [-0.15, -0.1) is 0 Å². The van der Waals surface area contributed by atoms with Crippen LogP contribution in [-0.2, 0) is 6.18 Å². The summed E-state index contributed by atoms with van der Waals surface area (Å²) < 4.78 is 37.9. The third kappa shape index (κ3) is 3.57. The molecule has 1 aromatic carbocycles. The van der Waals surface area contributed by atoms with Crippen LogP contribution < -0.4 is 5.32 Å². The summed E-state index contributed by atoms with van der Waals surface area (Å²) in [5, 5.41) is 2.54. The first kappa shape index (κ1) is 14.5. The summed E-state index contributed by atoms with van der Waals surface area (Å²) in [4.78, 5) is 15.3. The van der Waals surface area contributed by atoms with E-state index in [0.29, 0.717) is 11.9 Å². The van der Waals surface area contributed by atoms with Crippen LogP contribution in [0.5, 0.6) is 0 Å². The minimum absolute atomic E-state index is 0.0825. The summed E-state index contributed by atoms with van der Waals surface area (Å²) in [6.07, 6.45) is -3.83. The zero-order valence-corrected chi connectivity index (χ0v) is 11.5. The fourth-order valence-corrected chi connectivity index (χ4v) is 1.69. The van der Waals surface area contributed by atoms with Crippen molar-refractivity contribution in [3.8, 4) is 0 Å². The van der Waals surface area contributed by atoms with Crippen LogP contribution in [0.3, 0.4) is 0 Å². The molecule has 0 spiro atoms. The molecule has 0 aliphatic heterocycles. The Hall–Kier alpha value is -1.89. The van der Waals surface area contributed by atoms with Crippen LogP contribution in [0, 0.1) is 0 Å². The van der Waals surface area contributed by atoms with E-state index in [1.165, 1.54) is 0 Å². The molecule has 0 fully saturated rings. The summed E-state index contributed by atoms with van der Waals surface area (Å²) in [7, 11) is 0. The number of benzene rings is 1. The molecule has 1 amide bonds. The Balaban J connectivity index is 2.11. The number of carbonyl (C=O) groups excluding carboxylic acids is 1. The summed E-state index contributed by atoms with van der Waals surface area (Å²) in [5.41, 5.74) is -0.446. The number of rotatable bonds is 2. The number of nitrogens with one attached hydrogen (secondary N) is 1. The lowest BCUT2D eigenvalue weighted by Crippen LogP contribution is -2.14. The average Bonchev–Trinajstić information content (AvgIpc) is 2.40. The molecule has 2 rings (SSSR count). The maximum absolute atomic E-state index is 12.4. The van der Waals surface area contributed by atoms with Crippen LogP contribution in [0.2, 0.25) is 0 Å². The fraction of sp³-hybridized carbons (Fsp3) is 0.0769. The average molecular weight is 345 g/mol. The van der Waals surface area contributed by atoms with Gasteiger partial charge < -0.3 is 5.32 Å². The first-order valence-electron chi connectivity index (χ1n) is 5.46. The molecule has 104 valence electrons. The Labute approximate surface area is 121 Å². The zero-order chi connectivity index (χ0) is 14.8. The van der Waals surface area contributed by atoms with Crippen LogP contribution in [0.1, 0.15) is 16.1 Å². The van der Waals surface area contributed by atoms with Gasteiger partial charge in [0, 0.05) is 16.4 Å². The Morgan fingerprint density at radius 3 is 2.25 bits per heavy atom. The number of alkyl halides is 3. The minimum Gasteiger partial charge on any atom is -0.321 e. The highest BCUT2D eigenvalue weighted by Crippen LogP contribution is 2.28. The summed E-state index contributed by atoms with van der Waals surface area (Å²) in [5.74, 6) is -0.568. The molecule has 0 saturated carbocycles.